The third-order valence-electron chi connectivity index (χ3n) is 3.25. The van der Waals surface area contributed by atoms with Gasteiger partial charge in [0, 0.05) is 10.6 Å². The lowest BCUT2D eigenvalue weighted by Crippen LogP contribution is -2.24. The van der Waals surface area contributed by atoms with Crippen LogP contribution in [0.2, 0.25) is 5.02 Å². The van der Waals surface area contributed by atoms with Crippen LogP contribution in [0.25, 0.3) is 5.69 Å². The van der Waals surface area contributed by atoms with Gasteiger partial charge in [0.1, 0.15) is 0 Å². The summed E-state index contributed by atoms with van der Waals surface area (Å²) in [5.74, 6) is 0.429. The first-order valence-corrected chi connectivity index (χ1v) is 7.69. The van der Waals surface area contributed by atoms with Gasteiger partial charge in [-0.3, -0.25) is 14.5 Å². The fourth-order valence-corrected chi connectivity index (χ4v) is 2.62. The van der Waals surface area contributed by atoms with Gasteiger partial charge < -0.3 is 5.32 Å². The average molecular weight is 345 g/mol. The summed E-state index contributed by atoms with van der Waals surface area (Å²) >= 11 is 11.3. The Morgan fingerprint density at radius 3 is 2.74 bits per heavy atom. The molecular formula is C16H13ClN4OS. The number of benzene rings is 2. The van der Waals surface area contributed by atoms with E-state index in [-0.39, 0.29) is 12.5 Å². The van der Waals surface area contributed by atoms with Crippen molar-refractivity contribution in [3.05, 3.63) is 75.8 Å². The van der Waals surface area contributed by atoms with Crippen LogP contribution in [0.15, 0.2) is 54.6 Å². The first-order chi connectivity index (χ1) is 11.1. The number of carbonyl (C=O) groups excluding carboxylic acids is 1. The van der Waals surface area contributed by atoms with Crippen molar-refractivity contribution in [3.63, 3.8) is 0 Å². The maximum absolute atomic E-state index is 12.1. The summed E-state index contributed by atoms with van der Waals surface area (Å²) < 4.78 is 2.18. The van der Waals surface area contributed by atoms with Crippen LogP contribution in [0.4, 0.5) is 0 Å². The van der Waals surface area contributed by atoms with Crippen LogP contribution >= 0.6 is 23.8 Å². The first kappa shape index (κ1) is 15.5. The molecular weight excluding hydrogens is 332 g/mol. The van der Waals surface area contributed by atoms with E-state index in [2.05, 4.69) is 15.5 Å². The molecule has 2 aromatic carbocycles. The smallest absolute Gasteiger partial charge is 0.251 e. The zero-order valence-electron chi connectivity index (χ0n) is 12.0. The standard InChI is InChI=1S/C16H13ClN4OS/c17-12-7-4-8-13(9-12)21-14(19-20-16(21)23)10-18-15(22)11-5-2-1-3-6-11/h1-9H,10H2,(H,18,22)(H,20,23). The van der Waals surface area contributed by atoms with Crippen molar-refractivity contribution in [1.82, 2.24) is 20.1 Å². The summed E-state index contributed by atoms with van der Waals surface area (Å²) in [5, 5.41) is 10.3. The quantitative estimate of drug-likeness (QED) is 0.712. The number of H-pyrrole nitrogens is 1. The highest BCUT2D eigenvalue weighted by Gasteiger charge is 2.11. The fourth-order valence-electron chi connectivity index (χ4n) is 2.18. The Labute approximate surface area is 142 Å². The highest BCUT2D eigenvalue weighted by atomic mass is 35.5. The minimum atomic E-state index is -0.169. The van der Waals surface area contributed by atoms with Crippen LogP contribution in [0.3, 0.4) is 0 Å². The lowest BCUT2D eigenvalue weighted by atomic mass is 10.2. The van der Waals surface area contributed by atoms with E-state index in [0.29, 0.717) is 21.2 Å². The number of carbonyl (C=O) groups is 1. The molecule has 1 heterocycles. The van der Waals surface area contributed by atoms with E-state index in [1.807, 2.05) is 30.3 Å². The van der Waals surface area contributed by atoms with Crippen LogP contribution in [-0.4, -0.2) is 20.7 Å². The van der Waals surface area contributed by atoms with Crippen molar-refractivity contribution in [2.24, 2.45) is 0 Å². The van der Waals surface area contributed by atoms with Gasteiger partial charge in [0.25, 0.3) is 5.91 Å². The molecule has 1 aromatic heterocycles. The average Bonchev–Trinajstić information content (AvgIpc) is 2.94. The van der Waals surface area contributed by atoms with Gasteiger partial charge in [-0.2, -0.15) is 5.10 Å². The highest BCUT2D eigenvalue weighted by Crippen LogP contribution is 2.16. The van der Waals surface area contributed by atoms with Gasteiger partial charge in [-0.25, -0.2) is 0 Å². The molecule has 0 radical (unpaired) electrons. The third kappa shape index (κ3) is 3.49. The molecule has 0 aliphatic rings. The van der Waals surface area contributed by atoms with E-state index in [0.717, 1.165) is 5.69 Å². The first-order valence-electron chi connectivity index (χ1n) is 6.90. The van der Waals surface area contributed by atoms with Crippen molar-refractivity contribution in [1.29, 1.82) is 0 Å². The highest BCUT2D eigenvalue weighted by molar-refractivity contribution is 7.71. The predicted octanol–water partition coefficient (Wildman–Crippen LogP) is 3.51. The molecule has 1 amide bonds. The molecule has 0 saturated heterocycles. The Bertz CT molecular complexity index is 888. The molecule has 0 saturated carbocycles. The van der Waals surface area contributed by atoms with Crippen molar-refractivity contribution < 1.29 is 4.79 Å². The Kier molecular flexibility index (Phi) is 4.55. The molecule has 116 valence electrons. The van der Waals surface area contributed by atoms with Crippen molar-refractivity contribution in [2.45, 2.75) is 6.54 Å². The van der Waals surface area contributed by atoms with Gasteiger partial charge in [0.05, 0.1) is 12.2 Å². The Morgan fingerprint density at radius 2 is 2.00 bits per heavy atom. The lowest BCUT2D eigenvalue weighted by molar-refractivity contribution is 0.0949. The van der Waals surface area contributed by atoms with Crippen molar-refractivity contribution >= 4 is 29.7 Å². The number of amides is 1. The second-order valence-corrected chi connectivity index (χ2v) is 5.63. The zero-order valence-corrected chi connectivity index (χ0v) is 13.6. The van der Waals surface area contributed by atoms with Gasteiger partial charge in [-0.15, -0.1) is 0 Å². The number of rotatable bonds is 4. The van der Waals surface area contributed by atoms with Crippen LogP contribution in [0.5, 0.6) is 0 Å². The van der Waals surface area contributed by atoms with Gasteiger partial charge in [0.2, 0.25) is 0 Å². The van der Waals surface area contributed by atoms with E-state index in [1.54, 1.807) is 28.8 Å². The molecule has 0 fully saturated rings. The third-order valence-corrected chi connectivity index (χ3v) is 3.76. The molecule has 0 spiro atoms. The van der Waals surface area contributed by atoms with E-state index >= 15 is 0 Å². The number of halogens is 1. The molecule has 2 N–H and O–H groups in total. The molecule has 3 aromatic rings. The van der Waals surface area contributed by atoms with Crippen molar-refractivity contribution in [2.75, 3.05) is 0 Å². The number of aromatic nitrogens is 3. The summed E-state index contributed by atoms with van der Waals surface area (Å²) in [5.41, 5.74) is 1.39. The second-order valence-electron chi connectivity index (χ2n) is 4.81. The Hall–Kier alpha value is -2.44. The number of hydrogen-bond acceptors (Lipinski definition) is 3. The van der Waals surface area contributed by atoms with Crippen LogP contribution in [0.1, 0.15) is 16.2 Å². The minimum Gasteiger partial charge on any atom is -0.345 e. The monoisotopic (exact) mass is 344 g/mol. The summed E-state index contributed by atoms with van der Waals surface area (Å²) in [6.07, 6.45) is 0. The van der Waals surface area contributed by atoms with E-state index in [1.165, 1.54) is 0 Å². The summed E-state index contributed by atoms with van der Waals surface area (Å²) in [6.45, 7) is 0.243. The molecule has 0 aliphatic carbocycles. The molecule has 0 unspecified atom stereocenters. The Morgan fingerprint density at radius 1 is 1.22 bits per heavy atom. The summed E-state index contributed by atoms with van der Waals surface area (Å²) in [4.78, 5) is 12.1. The lowest BCUT2D eigenvalue weighted by Gasteiger charge is -2.08. The molecule has 0 bridgehead atoms. The van der Waals surface area contributed by atoms with E-state index in [4.69, 9.17) is 23.8 Å². The van der Waals surface area contributed by atoms with Gasteiger partial charge in [-0.05, 0) is 42.5 Å². The number of nitrogens with zero attached hydrogens (tertiary/aromatic N) is 2. The number of aromatic amines is 1. The van der Waals surface area contributed by atoms with Gasteiger partial charge in [0.15, 0.2) is 10.6 Å². The summed E-state index contributed by atoms with van der Waals surface area (Å²) in [6, 6.07) is 16.3. The van der Waals surface area contributed by atoms with Gasteiger partial charge >= 0.3 is 0 Å². The van der Waals surface area contributed by atoms with E-state index < -0.39 is 0 Å². The maximum atomic E-state index is 12.1. The predicted molar refractivity (Wildman–Crippen MR) is 91.4 cm³/mol. The SMILES string of the molecule is O=C(NCc1n[nH]c(=S)n1-c1cccc(Cl)c1)c1ccccc1. The molecule has 23 heavy (non-hydrogen) atoms. The Balaban J connectivity index is 1.82. The van der Waals surface area contributed by atoms with Gasteiger partial charge in [-0.1, -0.05) is 35.9 Å². The fraction of sp³-hybridized carbons (Fsp3) is 0.0625. The molecule has 0 aliphatic heterocycles. The maximum Gasteiger partial charge on any atom is 0.251 e. The molecule has 7 heteroatoms. The number of hydrogen-bond donors (Lipinski definition) is 2. The van der Waals surface area contributed by atoms with E-state index in [9.17, 15) is 4.79 Å². The van der Waals surface area contributed by atoms with Crippen LogP contribution < -0.4 is 5.32 Å². The minimum absolute atomic E-state index is 0.169. The van der Waals surface area contributed by atoms with Crippen LogP contribution in [0, 0.1) is 4.77 Å². The largest absolute Gasteiger partial charge is 0.345 e. The summed E-state index contributed by atoms with van der Waals surface area (Å²) in [7, 11) is 0. The second kappa shape index (κ2) is 6.76. The normalized spacial score (nSPS) is 10.5. The number of nitrogens with one attached hydrogen (secondary N) is 2. The topological polar surface area (TPSA) is 62.7 Å². The zero-order chi connectivity index (χ0) is 16.2. The van der Waals surface area contributed by atoms with Crippen LogP contribution in [-0.2, 0) is 6.54 Å². The molecule has 3 rings (SSSR count). The van der Waals surface area contributed by atoms with Crippen molar-refractivity contribution in [3.8, 4) is 5.69 Å². The molecule has 0 atom stereocenters. The molecule has 5 nitrogen and oxygen atoms in total.